The molecule has 0 aromatic heterocycles. The van der Waals surface area contributed by atoms with Crippen LogP contribution in [0, 0.1) is 0 Å². The molecule has 1 aliphatic heterocycles. The number of rotatable bonds is 6. The highest BCUT2D eigenvalue weighted by molar-refractivity contribution is 5.82. The van der Waals surface area contributed by atoms with Crippen LogP contribution < -0.4 is 10.6 Å². The maximum atomic E-state index is 12.7. The van der Waals surface area contributed by atoms with Crippen molar-refractivity contribution >= 4 is 11.9 Å². The molecular formula is C26H33N3O2. The molecule has 0 radical (unpaired) electrons. The fourth-order valence-electron chi connectivity index (χ4n) is 4.89. The first-order chi connectivity index (χ1) is 15.0. The van der Waals surface area contributed by atoms with Crippen LogP contribution in [0.25, 0.3) is 0 Å². The number of hydrogen-bond donors (Lipinski definition) is 2. The van der Waals surface area contributed by atoms with Gasteiger partial charge in [0, 0.05) is 13.0 Å². The topological polar surface area (TPSA) is 61.4 Å². The number of likely N-dealkylation sites (tertiary alicyclic amines) is 1. The van der Waals surface area contributed by atoms with Crippen molar-refractivity contribution in [3.05, 3.63) is 70.8 Å². The smallest absolute Gasteiger partial charge is 0.315 e. The molecule has 2 aromatic carbocycles. The maximum Gasteiger partial charge on any atom is 0.315 e. The zero-order chi connectivity index (χ0) is 21.8. The van der Waals surface area contributed by atoms with Gasteiger partial charge in [-0.05, 0) is 61.3 Å². The Labute approximate surface area is 185 Å². The minimum atomic E-state index is -0.198. The molecule has 2 aliphatic rings. The third-order valence-electron chi connectivity index (χ3n) is 6.73. The van der Waals surface area contributed by atoms with E-state index in [-0.39, 0.29) is 30.1 Å². The summed E-state index contributed by atoms with van der Waals surface area (Å²) in [7, 11) is 0. The van der Waals surface area contributed by atoms with Crippen LogP contribution in [0.15, 0.2) is 48.5 Å². The lowest BCUT2D eigenvalue weighted by molar-refractivity contribution is -0.129. The van der Waals surface area contributed by atoms with E-state index in [1.165, 1.54) is 29.5 Å². The van der Waals surface area contributed by atoms with Gasteiger partial charge in [-0.1, -0.05) is 55.5 Å². The third-order valence-corrected chi connectivity index (χ3v) is 6.73. The third kappa shape index (κ3) is 4.92. The van der Waals surface area contributed by atoms with Gasteiger partial charge in [0.05, 0.1) is 18.1 Å². The number of hydrogen-bond acceptors (Lipinski definition) is 2. The van der Waals surface area contributed by atoms with Gasteiger partial charge in [0.25, 0.3) is 0 Å². The monoisotopic (exact) mass is 419 g/mol. The van der Waals surface area contributed by atoms with Crippen LogP contribution in [0.3, 0.4) is 0 Å². The van der Waals surface area contributed by atoms with Gasteiger partial charge in [-0.15, -0.1) is 0 Å². The predicted octanol–water partition coefficient (Wildman–Crippen LogP) is 4.68. The fourth-order valence-corrected chi connectivity index (χ4v) is 4.89. The number of amides is 3. The first-order valence-corrected chi connectivity index (χ1v) is 11.6. The summed E-state index contributed by atoms with van der Waals surface area (Å²) in [5.41, 5.74) is 5.15. The van der Waals surface area contributed by atoms with E-state index in [0.717, 1.165) is 24.8 Å². The van der Waals surface area contributed by atoms with Crippen molar-refractivity contribution in [2.45, 2.75) is 70.5 Å². The van der Waals surface area contributed by atoms with Crippen LogP contribution in [0.1, 0.15) is 73.9 Å². The van der Waals surface area contributed by atoms with Crippen molar-refractivity contribution < 1.29 is 9.59 Å². The SMILES string of the molecule is CCC(NC(=O)NC1CC(=O)N(C(C)c2ccccc2)C1)c1ccc2c(c1)CCCC2. The Morgan fingerprint density at radius 3 is 2.55 bits per heavy atom. The van der Waals surface area contributed by atoms with Crippen molar-refractivity contribution in [2.24, 2.45) is 0 Å². The Balaban J connectivity index is 1.35. The molecule has 0 spiro atoms. The molecule has 3 amide bonds. The number of nitrogens with one attached hydrogen (secondary N) is 2. The van der Waals surface area contributed by atoms with Gasteiger partial charge >= 0.3 is 6.03 Å². The molecule has 4 rings (SSSR count). The molecule has 1 saturated heterocycles. The maximum absolute atomic E-state index is 12.7. The summed E-state index contributed by atoms with van der Waals surface area (Å²) in [5.74, 6) is 0.0865. The second kappa shape index (κ2) is 9.54. The molecule has 1 aliphatic carbocycles. The van der Waals surface area contributed by atoms with Gasteiger partial charge in [-0.2, -0.15) is 0 Å². The van der Waals surface area contributed by atoms with Crippen LogP contribution in [-0.4, -0.2) is 29.4 Å². The Hall–Kier alpha value is -2.82. The van der Waals surface area contributed by atoms with E-state index in [1.54, 1.807) is 0 Å². The van der Waals surface area contributed by atoms with Crippen molar-refractivity contribution in [1.29, 1.82) is 0 Å². The van der Waals surface area contributed by atoms with Crippen LogP contribution in [0.4, 0.5) is 4.79 Å². The molecule has 1 heterocycles. The van der Waals surface area contributed by atoms with Crippen molar-refractivity contribution in [2.75, 3.05) is 6.54 Å². The number of aryl methyl sites for hydroxylation is 2. The van der Waals surface area contributed by atoms with Crippen molar-refractivity contribution in [3.63, 3.8) is 0 Å². The molecule has 3 atom stereocenters. The fraction of sp³-hybridized carbons (Fsp3) is 0.462. The van der Waals surface area contributed by atoms with E-state index >= 15 is 0 Å². The van der Waals surface area contributed by atoms with E-state index in [9.17, 15) is 9.59 Å². The average Bonchev–Trinajstić information content (AvgIpc) is 3.16. The van der Waals surface area contributed by atoms with E-state index in [4.69, 9.17) is 0 Å². The highest BCUT2D eigenvalue weighted by Crippen LogP contribution is 2.27. The largest absolute Gasteiger partial charge is 0.334 e. The van der Waals surface area contributed by atoms with Gasteiger partial charge in [0.1, 0.15) is 0 Å². The molecule has 1 fully saturated rings. The second-order valence-electron chi connectivity index (χ2n) is 8.85. The molecule has 5 heteroatoms. The average molecular weight is 420 g/mol. The molecule has 0 saturated carbocycles. The standard InChI is InChI=1S/C26H33N3O2/c1-3-24(22-14-13-20-11-7-8-12-21(20)15-22)28-26(31)27-23-16-25(30)29(17-23)18(2)19-9-5-4-6-10-19/h4-6,9-10,13-15,18,23-24H,3,7-8,11-12,16-17H2,1-2H3,(H2,27,28,31). The van der Waals surface area contributed by atoms with Gasteiger partial charge in [0.2, 0.25) is 5.91 Å². The summed E-state index contributed by atoms with van der Waals surface area (Å²) in [5, 5.41) is 6.16. The Morgan fingerprint density at radius 1 is 1.06 bits per heavy atom. The highest BCUT2D eigenvalue weighted by Gasteiger charge is 2.34. The Kier molecular flexibility index (Phi) is 6.59. The van der Waals surface area contributed by atoms with E-state index in [0.29, 0.717) is 13.0 Å². The Morgan fingerprint density at radius 2 is 1.81 bits per heavy atom. The summed E-state index contributed by atoms with van der Waals surface area (Å²) in [4.78, 5) is 27.2. The number of carbonyl (C=O) groups excluding carboxylic acids is 2. The summed E-state index contributed by atoms with van der Waals surface area (Å²) in [6, 6.07) is 16.3. The number of urea groups is 1. The van der Waals surface area contributed by atoms with E-state index in [2.05, 4.69) is 35.8 Å². The number of fused-ring (bicyclic) bond motifs is 1. The zero-order valence-electron chi connectivity index (χ0n) is 18.6. The first kappa shape index (κ1) is 21.4. The summed E-state index contributed by atoms with van der Waals surface area (Å²) >= 11 is 0. The normalized spacial score (nSPS) is 20.1. The molecule has 2 aromatic rings. The zero-order valence-corrected chi connectivity index (χ0v) is 18.6. The molecule has 164 valence electrons. The molecule has 3 unspecified atom stereocenters. The summed E-state index contributed by atoms with van der Waals surface area (Å²) in [6.45, 7) is 4.67. The van der Waals surface area contributed by atoms with Gasteiger partial charge in [-0.25, -0.2) is 4.79 Å². The minimum Gasteiger partial charge on any atom is -0.334 e. The van der Waals surface area contributed by atoms with Gasteiger partial charge in [-0.3, -0.25) is 4.79 Å². The van der Waals surface area contributed by atoms with Crippen LogP contribution in [0.5, 0.6) is 0 Å². The summed E-state index contributed by atoms with van der Waals surface area (Å²) < 4.78 is 0. The quantitative estimate of drug-likeness (QED) is 0.714. The van der Waals surface area contributed by atoms with Crippen molar-refractivity contribution in [1.82, 2.24) is 15.5 Å². The summed E-state index contributed by atoms with van der Waals surface area (Å²) in [6.07, 6.45) is 5.98. The lowest BCUT2D eigenvalue weighted by Gasteiger charge is -2.26. The number of nitrogens with zero attached hydrogens (tertiary/aromatic N) is 1. The first-order valence-electron chi connectivity index (χ1n) is 11.6. The molecule has 0 bridgehead atoms. The van der Waals surface area contributed by atoms with Gasteiger partial charge < -0.3 is 15.5 Å². The van der Waals surface area contributed by atoms with E-state index < -0.39 is 0 Å². The van der Waals surface area contributed by atoms with E-state index in [1.807, 2.05) is 42.2 Å². The molecule has 2 N–H and O–H groups in total. The molecular weight excluding hydrogens is 386 g/mol. The lowest BCUT2D eigenvalue weighted by Crippen LogP contribution is -2.44. The van der Waals surface area contributed by atoms with Gasteiger partial charge in [0.15, 0.2) is 0 Å². The number of benzene rings is 2. The van der Waals surface area contributed by atoms with Crippen LogP contribution in [-0.2, 0) is 17.6 Å². The highest BCUT2D eigenvalue weighted by atomic mass is 16.2. The second-order valence-corrected chi connectivity index (χ2v) is 8.85. The molecule has 31 heavy (non-hydrogen) atoms. The molecule has 5 nitrogen and oxygen atoms in total. The minimum absolute atomic E-state index is 0.00227. The Bertz CT molecular complexity index is 928. The van der Waals surface area contributed by atoms with Crippen LogP contribution >= 0.6 is 0 Å². The van der Waals surface area contributed by atoms with Crippen LogP contribution in [0.2, 0.25) is 0 Å². The predicted molar refractivity (Wildman–Crippen MR) is 123 cm³/mol. The number of carbonyl (C=O) groups is 2. The lowest BCUT2D eigenvalue weighted by atomic mass is 9.89. The van der Waals surface area contributed by atoms with Crippen molar-refractivity contribution in [3.8, 4) is 0 Å².